The first-order valence-electron chi connectivity index (χ1n) is 6.73. The van der Waals surface area contributed by atoms with Gasteiger partial charge in [0, 0.05) is 18.7 Å². The summed E-state index contributed by atoms with van der Waals surface area (Å²) in [5.41, 5.74) is 7.84. The number of halogens is 3. The minimum Gasteiger partial charge on any atom is -0.409 e. The van der Waals surface area contributed by atoms with Gasteiger partial charge in [0.15, 0.2) is 5.84 Å². The second-order valence-electron chi connectivity index (χ2n) is 5.26. The molecular weight excluding hydrogens is 283 g/mol. The molecule has 1 fully saturated rings. The Bertz CT molecular complexity index is 535. The molecule has 1 aliphatic heterocycles. The number of rotatable bonds is 2. The highest BCUT2D eigenvalue weighted by molar-refractivity contribution is 6.02. The number of nitrogens with zero attached hydrogens (tertiary/aromatic N) is 2. The van der Waals surface area contributed by atoms with Gasteiger partial charge < -0.3 is 15.8 Å². The number of amidine groups is 1. The van der Waals surface area contributed by atoms with Crippen molar-refractivity contribution in [2.45, 2.75) is 25.9 Å². The number of nitrogens with two attached hydrogens (primary N) is 1. The van der Waals surface area contributed by atoms with Crippen molar-refractivity contribution in [1.29, 1.82) is 0 Å². The first kappa shape index (κ1) is 15.5. The van der Waals surface area contributed by atoms with E-state index in [1.165, 1.54) is 0 Å². The number of benzene rings is 1. The maximum atomic E-state index is 12.7. The molecule has 0 atom stereocenters. The summed E-state index contributed by atoms with van der Waals surface area (Å²) in [6.07, 6.45) is -4.01. The van der Waals surface area contributed by atoms with Crippen LogP contribution in [-0.4, -0.2) is 30.3 Å². The van der Waals surface area contributed by atoms with Gasteiger partial charge in [-0.25, -0.2) is 0 Å². The Balaban J connectivity index is 2.25. The molecular formula is C14H18F3N3O. The normalized spacial score (nSPS) is 18.1. The number of hydrogen-bond donors (Lipinski definition) is 2. The Morgan fingerprint density at radius 1 is 1.33 bits per heavy atom. The van der Waals surface area contributed by atoms with Crippen molar-refractivity contribution in [3.8, 4) is 0 Å². The molecule has 0 aliphatic carbocycles. The average Bonchev–Trinajstić information content (AvgIpc) is 2.45. The summed E-state index contributed by atoms with van der Waals surface area (Å²) in [5, 5.41) is 11.8. The number of hydrogen-bond acceptors (Lipinski definition) is 3. The zero-order chi connectivity index (χ0) is 15.6. The maximum Gasteiger partial charge on any atom is 0.391 e. The molecule has 0 saturated carbocycles. The van der Waals surface area contributed by atoms with Crippen LogP contribution in [0.5, 0.6) is 0 Å². The summed E-state index contributed by atoms with van der Waals surface area (Å²) in [7, 11) is 0. The SMILES string of the molecule is Cc1cccc(/C(N)=N/O)c1N1CCC(C(F)(F)F)CC1. The number of oxime groups is 1. The Kier molecular flexibility index (Phi) is 4.29. The van der Waals surface area contributed by atoms with Crippen LogP contribution in [0.4, 0.5) is 18.9 Å². The van der Waals surface area contributed by atoms with E-state index in [4.69, 9.17) is 10.9 Å². The van der Waals surface area contributed by atoms with E-state index in [1.807, 2.05) is 17.9 Å². The Morgan fingerprint density at radius 2 is 1.95 bits per heavy atom. The zero-order valence-electron chi connectivity index (χ0n) is 11.7. The summed E-state index contributed by atoms with van der Waals surface area (Å²) >= 11 is 0. The lowest BCUT2D eigenvalue weighted by molar-refractivity contribution is -0.179. The van der Waals surface area contributed by atoms with Crippen LogP contribution in [0.3, 0.4) is 0 Å². The van der Waals surface area contributed by atoms with E-state index in [9.17, 15) is 13.2 Å². The molecule has 0 spiro atoms. The minimum absolute atomic E-state index is 0.0355. The van der Waals surface area contributed by atoms with Crippen LogP contribution in [0.15, 0.2) is 23.4 Å². The molecule has 3 N–H and O–H groups in total. The van der Waals surface area contributed by atoms with Gasteiger partial charge in [-0.2, -0.15) is 13.2 Å². The molecule has 7 heteroatoms. The molecule has 2 rings (SSSR count). The number of anilines is 1. The third kappa shape index (κ3) is 3.22. The van der Waals surface area contributed by atoms with Crippen molar-refractivity contribution >= 4 is 11.5 Å². The number of para-hydroxylation sites is 1. The molecule has 0 amide bonds. The lowest BCUT2D eigenvalue weighted by Gasteiger charge is -2.36. The largest absolute Gasteiger partial charge is 0.409 e. The molecule has 116 valence electrons. The highest BCUT2D eigenvalue weighted by Gasteiger charge is 2.41. The van der Waals surface area contributed by atoms with Crippen LogP contribution in [0.1, 0.15) is 24.0 Å². The van der Waals surface area contributed by atoms with Crippen LogP contribution >= 0.6 is 0 Å². The van der Waals surface area contributed by atoms with Crippen LogP contribution in [0.2, 0.25) is 0 Å². The van der Waals surface area contributed by atoms with Crippen molar-refractivity contribution in [2.24, 2.45) is 16.8 Å². The summed E-state index contributed by atoms with van der Waals surface area (Å²) in [5.74, 6) is -1.28. The van der Waals surface area contributed by atoms with E-state index in [0.717, 1.165) is 11.3 Å². The molecule has 0 radical (unpaired) electrons. The van der Waals surface area contributed by atoms with E-state index >= 15 is 0 Å². The monoisotopic (exact) mass is 301 g/mol. The lowest BCUT2D eigenvalue weighted by atomic mass is 9.94. The van der Waals surface area contributed by atoms with Gasteiger partial charge in [0.05, 0.1) is 11.6 Å². The van der Waals surface area contributed by atoms with Crippen molar-refractivity contribution < 1.29 is 18.4 Å². The van der Waals surface area contributed by atoms with E-state index < -0.39 is 12.1 Å². The van der Waals surface area contributed by atoms with Gasteiger partial charge in [-0.3, -0.25) is 0 Å². The topological polar surface area (TPSA) is 61.9 Å². The fourth-order valence-corrected chi connectivity index (χ4v) is 2.77. The van der Waals surface area contributed by atoms with Crippen LogP contribution < -0.4 is 10.6 Å². The smallest absolute Gasteiger partial charge is 0.391 e. The summed E-state index contributed by atoms with van der Waals surface area (Å²) in [6.45, 7) is 2.47. The molecule has 1 heterocycles. The quantitative estimate of drug-likeness (QED) is 0.382. The van der Waals surface area contributed by atoms with Gasteiger partial charge in [-0.15, -0.1) is 0 Å². The maximum absolute atomic E-state index is 12.7. The van der Waals surface area contributed by atoms with E-state index in [-0.39, 0.29) is 18.7 Å². The van der Waals surface area contributed by atoms with Gasteiger partial charge in [0.2, 0.25) is 0 Å². The summed E-state index contributed by atoms with van der Waals surface area (Å²) < 4.78 is 38.2. The fourth-order valence-electron chi connectivity index (χ4n) is 2.77. The van der Waals surface area contributed by atoms with Gasteiger partial charge in [0.25, 0.3) is 0 Å². The number of aryl methyl sites for hydroxylation is 1. The molecule has 1 saturated heterocycles. The lowest BCUT2D eigenvalue weighted by Crippen LogP contribution is -2.40. The number of piperidine rings is 1. The standard InChI is InChI=1S/C14H18F3N3O/c1-9-3-2-4-11(13(18)19-21)12(9)20-7-5-10(6-8-20)14(15,16)17/h2-4,10,21H,5-8H2,1H3,(H2,18,19). The molecule has 0 unspecified atom stereocenters. The second kappa shape index (κ2) is 5.83. The first-order chi connectivity index (χ1) is 9.84. The minimum atomic E-state index is -4.13. The third-order valence-corrected chi connectivity index (χ3v) is 3.90. The van der Waals surface area contributed by atoms with Gasteiger partial charge in [-0.1, -0.05) is 17.3 Å². The highest BCUT2D eigenvalue weighted by atomic mass is 19.4. The van der Waals surface area contributed by atoms with Gasteiger partial charge in [-0.05, 0) is 31.4 Å². The predicted octanol–water partition coefficient (Wildman–Crippen LogP) is 2.87. The van der Waals surface area contributed by atoms with Gasteiger partial charge in [0.1, 0.15) is 0 Å². The molecule has 0 bridgehead atoms. The van der Waals surface area contributed by atoms with Crippen molar-refractivity contribution in [1.82, 2.24) is 0 Å². The number of alkyl halides is 3. The molecule has 1 aromatic carbocycles. The van der Waals surface area contributed by atoms with Crippen molar-refractivity contribution in [2.75, 3.05) is 18.0 Å². The summed E-state index contributed by atoms with van der Waals surface area (Å²) in [4.78, 5) is 1.88. The molecule has 0 aromatic heterocycles. The van der Waals surface area contributed by atoms with E-state index in [0.29, 0.717) is 18.7 Å². The first-order valence-corrected chi connectivity index (χ1v) is 6.73. The Hall–Kier alpha value is -1.92. The average molecular weight is 301 g/mol. The highest BCUT2D eigenvalue weighted by Crippen LogP contribution is 2.36. The zero-order valence-corrected chi connectivity index (χ0v) is 11.7. The van der Waals surface area contributed by atoms with Crippen LogP contribution in [0, 0.1) is 12.8 Å². The molecule has 1 aliphatic rings. The fraction of sp³-hybridized carbons (Fsp3) is 0.500. The van der Waals surface area contributed by atoms with E-state index in [2.05, 4.69) is 5.16 Å². The van der Waals surface area contributed by atoms with Crippen LogP contribution in [-0.2, 0) is 0 Å². The molecule has 21 heavy (non-hydrogen) atoms. The van der Waals surface area contributed by atoms with Gasteiger partial charge >= 0.3 is 6.18 Å². The molecule has 1 aromatic rings. The van der Waals surface area contributed by atoms with Crippen molar-refractivity contribution in [3.63, 3.8) is 0 Å². The Morgan fingerprint density at radius 3 is 2.48 bits per heavy atom. The van der Waals surface area contributed by atoms with Crippen LogP contribution in [0.25, 0.3) is 0 Å². The third-order valence-electron chi connectivity index (χ3n) is 3.90. The Labute approximate surface area is 121 Å². The summed E-state index contributed by atoms with van der Waals surface area (Å²) in [6, 6.07) is 5.33. The predicted molar refractivity (Wildman–Crippen MR) is 74.7 cm³/mol. The van der Waals surface area contributed by atoms with Crippen molar-refractivity contribution in [3.05, 3.63) is 29.3 Å². The van der Waals surface area contributed by atoms with E-state index in [1.54, 1.807) is 12.1 Å². The molecule has 4 nitrogen and oxygen atoms in total. The second-order valence-corrected chi connectivity index (χ2v) is 5.26.